The fraction of sp³-hybridized carbons (Fsp3) is 0.706. The SMILES string of the molecule is C.C.C=CC(=O)Oc1c(F)cc(C2CCC(C3CCC(CCCCC)CC3)CC2)cc1F.CCCCCC1CCC(C2CCC(c3cc(F)c(O)c(F)c3)CC2)CC1.[HH].[HH].[HH].[HH]. The van der Waals surface area contributed by atoms with E-state index in [-0.39, 0.29) is 32.4 Å². The van der Waals surface area contributed by atoms with Crippen molar-refractivity contribution in [3.63, 3.8) is 0 Å². The van der Waals surface area contributed by atoms with Crippen molar-refractivity contribution in [2.45, 2.75) is 195 Å². The lowest BCUT2D eigenvalue weighted by Crippen LogP contribution is -2.25. The summed E-state index contributed by atoms with van der Waals surface area (Å²) in [6.07, 6.45) is 31.6. The highest BCUT2D eigenvalue weighted by molar-refractivity contribution is 5.83. The van der Waals surface area contributed by atoms with Crippen molar-refractivity contribution in [3.8, 4) is 11.5 Å². The molecule has 4 aliphatic carbocycles. The van der Waals surface area contributed by atoms with Gasteiger partial charge in [-0.05, 0) is 160 Å². The number of esters is 1. The minimum atomic E-state index is -0.860. The number of hydrogen-bond donors (Lipinski definition) is 1. The molecule has 0 radical (unpaired) electrons. The second-order valence-electron chi connectivity index (χ2n) is 18.0. The van der Waals surface area contributed by atoms with E-state index < -0.39 is 40.7 Å². The quantitative estimate of drug-likeness (QED) is 0.0679. The highest BCUT2D eigenvalue weighted by Crippen LogP contribution is 2.47. The maximum atomic E-state index is 14.3. The number of rotatable bonds is 14. The van der Waals surface area contributed by atoms with Crippen LogP contribution < -0.4 is 4.74 Å². The number of carbonyl (C=O) groups is 1. The van der Waals surface area contributed by atoms with Crippen LogP contribution in [0.2, 0.25) is 0 Å². The molecule has 4 aliphatic rings. The Morgan fingerprint density at radius 1 is 0.603 bits per heavy atom. The predicted molar refractivity (Wildman–Crippen MR) is 241 cm³/mol. The Labute approximate surface area is 356 Å². The van der Waals surface area contributed by atoms with Crippen LogP contribution in [0.15, 0.2) is 36.9 Å². The molecular formula is C51H86F4O3. The van der Waals surface area contributed by atoms with E-state index in [1.54, 1.807) is 0 Å². The van der Waals surface area contributed by atoms with Gasteiger partial charge in [-0.25, -0.2) is 22.4 Å². The number of halogens is 4. The third-order valence-electron chi connectivity index (χ3n) is 14.5. The molecule has 3 nitrogen and oxygen atoms in total. The van der Waals surface area contributed by atoms with Crippen molar-refractivity contribution < 1.29 is 37.9 Å². The number of aromatic hydroxyl groups is 1. The second-order valence-corrected chi connectivity index (χ2v) is 18.0. The van der Waals surface area contributed by atoms with Gasteiger partial charge in [-0.1, -0.05) is 112 Å². The van der Waals surface area contributed by atoms with Crippen LogP contribution in [0, 0.1) is 58.8 Å². The van der Waals surface area contributed by atoms with Crippen molar-refractivity contribution in [2.75, 3.05) is 0 Å². The summed E-state index contributed by atoms with van der Waals surface area (Å²) in [5.74, 6) is -0.0575. The lowest BCUT2D eigenvalue weighted by atomic mass is 9.68. The van der Waals surface area contributed by atoms with Crippen LogP contribution in [0.5, 0.6) is 11.5 Å². The summed E-state index contributed by atoms with van der Waals surface area (Å²) < 4.78 is 60.6. The van der Waals surface area contributed by atoms with Crippen molar-refractivity contribution in [3.05, 3.63) is 71.3 Å². The predicted octanol–water partition coefficient (Wildman–Crippen LogP) is 17.3. The summed E-state index contributed by atoms with van der Waals surface area (Å²) in [4.78, 5) is 11.3. The van der Waals surface area contributed by atoms with E-state index in [1.165, 1.54) is 140 Å². The molecule has 0 bridgehead atoms. The molecule has 0 heterocycles. The van der Waals surface area contributed by atoms with E-state index >= 15 is 0 Å². The van der Waals surface area contributed by atoms with Gasteiger partial charge in [0.05, 0.1) is 0 Å². The zero-order valence-corrected chi connectivity index (χ0v) is 34.5. The third-order valence-corrected chi connectivity index (χ3v) is 14.5. The summed E-state index contributed by atoms with van der Waals surface area (Å²) in [5, 5.41) is 9.28. The fourth-order valence-electron chi connectivity index (χ4n) is 11.0. The lowest BCUT2D eigenvalue weighted by Gasteiger charge is -2.38. The summed E-state index contributed by atoms with van der Waals surface area (Å²) >= 11 is 0. The first-order valence-electron chi connectivity index (χ1n) is 22.6. The monoisotopic (exact) mass is 823 g/mol. The van der Waals surface area contributed by atoms with Gasteiger partial charge in [0, 0.05) is 11.8 Å². The summed E-state index contributed by atoms with van der Waals surface area (Å²) in [6.45, 7) is 7.79. The lowest BCUT2D eigenvalue weighted by molar-refractivity contribution is -0.129. The van der Waals surface area contributed by atoms with E-state index in [1.807, 2.05) is 0 Å². The number of phenols is 1. The Kier molecular flexibility index (Phi) is 21.4. The van der Waals surface area contributed by atoms with Gasteiger partial charge >= 0.3 is 5.97 Å². The summed E-state index contributed by atoms with van der Waals surface area (Å²) in [7, 11) is 0. The smallest absolute Gasteiger partial charge is 0.335 e. The first kappa shape index (κ1) is 49.5. The molecular weight excluding hydrogens is 737 g/mol. The molecule has 0 saturated heterocycles. The maximum absolute atomic E-state index is 14.3. The summed E-state index contributed by atoms with van der Waals surface area (Å²) in [6, 6.07) is 5.32. The van der Waals surface area contributed by atoms with Crippen LogP contribution in [0.4, 0.5) is 17.6 Å². The number of hydrogen-bond acceptors (Lipinski definition) is 3. The van der Waals surface area contributed by atoms with Crippen LogP contribution in [-0.2, 0) is 4.79 Å². The molecule has 2 aromatic rings. The zero-order chi connectivity index (χ0) is 40.0. The normalized spacial score (nSPS) is 27.2. The highest BCUT2D eigenvalue weighted by Gasteiger charge is 2.33. The molecule has 0 aliphatic heterocycles. The Balaban J connectivity index is 0. The van der Waals surface area contributed by atoms with E-state index in [9.17, 15) is 27.5 Å². The largest absolute Gasteiger partial charge is 0.503 e. The zero-order valence-electron chi connectivity index (χ0n) is 34.5. The molecule has 0 amide bonds. The molecule has 4 fully saturated rings. The first-order valence-corrected chi connectivity index (χ1v) is 22.6. The molecule has 0 aromatic heterocycles. The van der Waals surface area contributed by atoms with Gasteiger partial charge in [0.15, 0.2) is 29.0 Å². The molecule has 6 rings (SSSR count). The number of carbonyl (C=O) groups excluding carboxylic acids is 1. The number of unbranched alkanes of at least 4 members (excludes halogenated alkanes) is 4. The number of phenolic OH excluding ortho intramolecular Hbond substituents is 1. The standard InChI is InChI=1S/C26H36F2O2.C23H34F2O.2CH4.4H2/c1-3-5-6-7-18-8-10-19(11-9-18)20-12-14-21(15-13-20)22-16-23(27)26(24(28)17-22)30-25(29)4-2;1-2-3-4-5-16-6-8-17(9-7-16)18-10-12-19(13-11-18)20-14-21(24)23(26)22(25)15-20;;;;;;/h4,16-21H,2-3,5-15H2,1H3;14-19,26H,2-13H2,1H3;2*1H4;4*1H. The Bertz CT molecular complexity index is 1480. The highest BCUT2D eigenvalue weighted by atomic mass is 19.1. The molecule has 4 saturated carbocycles. The topological polar surface area (TPSA) is 46.5 Å². The Morgan fingerprint density at radius 3 is 1.26 bits per heavy atom. The molecule has 58 heavy (non-hydrogen) atoms. The van der Waals surface area contributed by atoms with Gasteiger partial charge in [0.25, 0.3) is 0 Å². The van der Waals surface area contributed by atoms with Gasteiger partial charge in [0.1, 0.15) is 0 Å². The number of benzene rings is 2. The summed E-state index contributed by atoms with van der Waals surface area (Å²) in [5.41, 5.74) is 1.40. The van der Waals surface area contributed by atoms with Gasteiger partial charge in [-0.2, -0.15) is 0 Å². The van der Waals surface area contributed by atoms with Crippen LogP contribution >= 0.6 is 0 Å². The van der Waals surface area contributed by atoms with Gasteiger partial charge in [-0.15, -0.1) is 0 Å². The molecule has 0 spiro atoms. The van der Waals surface area contributed by atoms with Gasteiger partial charge in [-0.3, -0.25) is 0 Å². The minimum Gasteiger partial charge on any atom is -0.503 e. The third kappa shape index (κ3) is 14.1. The average Bonchev–Trinajstić information content (AvgIpc) is 3.22. The van der Waals surface area contributed by atoms with Gasteiger partial charge in [0.2, 0.25) is 5.75 Å². The minimum absolute atomic E-state index is 0. The van der Waals surface area contributed by atoms with E-state index in [2.05, 4.69) is 20.4 Å². The van der Waals surface area contributed by atoms with Crippen LogP contribution in [0.3, 0.4) is 0 Å². The molecule has 0 unspecified atom stereocenters. The van der Waals surface area contributed by atoms with E-state index in [4.69, 9.17) is 4.74 Å². The van der Waals surface area contributed by atoms with Crippen LogP contribution in [-0.4, -0.2) is 11.1 Å². The van der Waals surface area contributed by atoms with E-state index in [0.717, 1.165) is 85.7 Å². The van der Waals surface area contributed by atoms with Crippen LogP contribution in [0.25, 0.3) is 0 Å². The fourth-order valence-corrected chi connectivity index (χ4v) is 11.0. The Hall–Kier alpha value is -2.83. The van der Waals surface area contributed by atoms with Crippen molar-refractivity contribution in [2.24, 2.45) is 35.5 Å². The second kappa shape index (κ2) is 25.1. The Morgan fingerprint density at radius 2 is 0.931 bits per heavy atom. The molecule has 1 N–H and O–H groups in total. The van der Waals surface area contributed by atoms with Gasteiger partial charge < -0.3 is 9.84 Å². The van der Waals surface area contributed by atoms with Crippen LogP contribution in [0.1, 0.15) is 211 Å². The molecule has 0 atom stereocenters. The average molecular weight is 823 g/mol. The number of ether oxygens (including phenoxy) is 1. The van der Waals surface area contributed by atoms with Crippen molar-refractivity contribution in [1.82, 2.24) is 0 Å². The first-order chi connectivity index (χ1) is 27.1. The molecule has 7 heteroatoms. The molecule has 2 aromatic carbocycles. The van der Waals surface area contributed by atoms with E-state index in [0.29, 0.717) is 5.56 Å². The van der Waals surface area contributed by atoms with Crippen molar-refractivity contribution >= 4 is 5.97 Å². The molecule has 336 valence electrons. The maximum Gasteiger partial charge on any atom is 0.335 e. The van der Waals surface area contributed by atoms with Crippen molar-refractivity contribution in [1.29, 1.82) is 0 Å².